The van der Waals surface area contributed by atoms with Crippen molar-refractivity contribution < 1.29 is 9.72 Å². The molecule has 2 rings (SSSR count). The fourth-order valence-electron chi connectivity index (χ4n) is 2.30. The quantitative estimate of drug-likeness (QED) is 0.651. The van der Waals surface area contributed by atoms with Crippen LogP contribution in [-0.2, 0) is 4.79 Å². The van der Waals surface area contributed by atoms with Crippen LogP contribution in [0.4, 0.5) is 11.4 Å². The predicted octanol–water partition coefficient (Wildman–Crippen LogP) is 1.17. The second-order valence-corrected chi connectivity index (χ2v) is 5.14. The number of nitro groups is 1. The predicted molar refractivity (Wildman–Crippen MR) is 80.3 cm³/mol. The second-order valence-electron chi connectivity index (χ2n) is 5.14. The lowest BCUT2D eigenvalue weighted by atomic mass is 10.2. The lowest BCUT2D eigenvalue weighted by molar-refractivity contribution is -0.384. The molecule has 1 N–H and O–H groups in total. The first kappa shape index (κ1) is 15.2. The lowest BCUT2D eigenvalue weighted by Crippen LogP contribution is -2.47. The van der Waals surface area contributed by atoms with Crippen LogP contribution < -0.4 is 5.32 Å². The highest BCUT2D eigenvalue weighted by Gasteiger charge is 2.19. The van der Waals surface area contributed by atoms with E-state index < -0.39 is 4.92 Å². The molecule has 0 saturated carbocycles. The van der Waals surface area contributed by atoms with Gasteiger partial charge in [-0.05, 0) is 13.1 Å². The van der Waals surface area contributed by atoms with Gasteiger partial charge in [0.25, 0.3) is 5.69 Å². The average molecular weight is 292 g/mol. The Morgan fingerprint density at radius 1 is 1.29 bits per heavy atom. The molecule has 0 unspecified atom stereocenters. The number of hydrogen-bond donors (Lipinski definition) is 1. The Morgan fingerprint density at radius 3 is 2.62 bits per heavy atom. The van der Waals surface area contributed by atoms with Crippen LogP contribution >= 0.6 is 0 Å². The van der Waals surface area contributed by atoms with E-state index in [1.54, 1.807) is 18.2 Å². The standard InChI is InChI=1S/C14H20N4O3/c1-16-8-10-17(11-9-16)14(19)6-7-15-12-4-2-3-5-13(12)18(20)21/h2-5,15H,6-11H2,1H3. The van der Waals surface area contributed by atoms with Crippen molar-refractivity contribution in [3.05, 3.63) is 34.4 Å². The molecule has 1 aliphatic rings. The lowest BCUT2D eigenvalue weighted by Gasteiger charge is -2.32. The molecule has 0 atom stereocenters. The number of hydrogen-bond acceptors (Lipinski definition) is 5. The summed E-state index contributed by atoms with van der Waals surface area (Å²) in [4.78, 5) is 26.5. The van der Waals surface area contributed by atoms with Crippen molar-refractivity contribution in [2.45, 2.75) is 6.42 Å². The monoisotopic (exact) mass is 292 g/mol. The molecular formula is C14H20N4O3. The number of carbonyl (C=O) groups is 1. The molecule has 1 aromatic rings. The van der Waals surface area contributed by atoms with E-state index in [2.05, 4.69) is 10.2 Å². The Hall–Kier alpha value is -2.15. The van der Waals surface area contributed by atoms with Gasteiger partial charge < -0.3 is 15.1 Å². The van der Waals surface area contributed by atoms with E-state index in [4.69, 9.17) is 0 Å². The number of nitrogens with one attached hydrogen (secondary N) is 1. The number of likely N-dealkylation sites (N-methyl/N-ethyl adjacent to an activating group) is 1. The molecule has 1 aliphatic heterocycles. The van der Waals surface area contributed by atoms with E-state index in [1.165, 1.54) is 6.07 Å². The molecule has 1 saturated heterocycles. The van der Waals surface area contributed by atoms with Crippen LogP contribution in [0, 0.1) is 10.1 Å². The molecule has 0 bridgehead atoms. The largest absolute Gasteiger partial charge is 0.379 e. The van der Waals surface area contributed by atoms with Gasteiger partial charge >= 0.3 is 0 Å². The molecule has 0 aliphatic carbocycles. The number of para-hydroxylation sites is 2. The van der Waals surface area contributed by atoms with Crippen molar-refractivity contribution >= 4 is 17.3 Å². The number of anilines is 1. The third kappa shape index (κ3) is 4.16. The van der Waals surface area contributed by atoms with E-state index in [9.17, 15) is 14.9 Å². The van der Waals surface area contributed by atoms with E-state index in [0.717, 1.165) is 26.2 Å². The summed E-state index contributed by atoms with van der Waals surface area (Å²) in [6, 6.07) is 6.46. The molecule has 1 fully saturated rings. The van der Waals surface area contributed by atoms with Gasteiger partial charge in [-0.1, -0.05) is 12.1 Å². The Kier molecular flexibility index (Phi) is 5.10. The van der Waals surface area contributed by atoms with Crippen molar-refractivity contribution in [2.75, 3.05) is 45.1 Å². The zero-order valence-corrected chi connectivity index (χ0v) is 12.1. The number of nitrogens with zero attached hydrogens (tertiary/aromatic N) is 3. The Bertz CT molecular complexity index is 513. The first-order chi connectivity index (χ1) is 10.1. The zero-order chi connectivity index (χ0) is 15.2. The molecule has 0 radical (unpaired) electrons. The van der Waals surface area contributed by atoms with Gasteiger partial charge in [0.1, 0.15) is 5.69 Å². The molecule has 21 heavy (non-hydrogen) atoms. The molecular weight excluding hydrogens is 272 g/mol. The fourth-order valence-corrected chi connectivity index (χ4v) is 2.30. The average Bonchev–Trinajstić information content (AvgIpc) is 2.48. The number of rotatable bonds is 5. The molecule has 7 nitrogen and oxygen atoms in total. The summed E-state index contributed by atoms with van der Waals surface area (Å²) < 4.78 is 0. The molecule has 1 aromatic carbocycles. The van der Waals surface area contributed by atoms with Crippen LogP contribution in [0.15, 0.2) is 24.3 Å². The topological polar surface area (TPSA) is 78.7 Å². The van der Waals surface area contributed by atoms with Gasteiger partial charge in [-0.25, -0.2) is 0 Å². The number of carbonyl (C=O) groups excluding carboxylic acids is 1. The maximum Gasteiger partial charge on any atom is 0.292 e. The van der Waals surface area contributed by atoms with E-state index in [-0.39, 0.29) is 11.6 Å². The van der Waals surface area contributed by atoms with Gasteiger partial charge in [0.2, 0.25) is 5.91 Å². The van der Waals surface area contributed by atoms with Crippen molar-refractivity contribution in [3.8, 4) is 0 Å². The number of nitro benzene ring substituents is 1. The summed E-state index contributed by atoms with van der Waals surface area (Å²) in [5.41, 5.74) is 0.484. The minimum absolute atomic E-state index is 0.0320. The van der Waals surface area contributed by atoms with Crippen molar-refractivity contribution in [2.24, 2.45) is 0 Å². The van der Waals surface area contributed by atoms with Crippen LogP contribution in [0.25, 0.3) is 0 Å². The van der Waals surface area contributed by atoms with Gasteiger partial charge in [-0.3, -0.25) is 14.9 Å². The Morgan fingerprint density at radius 2 is 1.95 bits per heavy atom. The van der Waals surface area contributed by atoms with E-state index in [0.29, 0.717) is 18.7 Å². The van der Waals surface area contributed by atoms with Crippen LogP contribution in [0.2, 0.25) is 0 Å². The molecule has 0 spiro atoms. The summed E-state index contributed by atoms with van der Waals surface area (Å²) in [5.74, 6) is 0.0918. The molecule has 7 heteroatoms. The van der Waals surface area contributed by atoms with Crippen LogP contribution in [0.1, 0.15) is 6.42 Å². The molecule has 1 amide bonds. The van der Waals surface area contributed by atoms with Crippen LogP contribution in [-0.4, -0.2) is 60.4 Å². The van der Waals surface area contributed by atoms with E-state index >= 15 is 0 Å². The number of benzene rings is 1. The van der Waals surface area contributed by atoms with Crippen LogP contribution in [0.5, 0.6) is 0 Å². The van der Waals surface area contributed by atoms with Crippen molar-refractivity contribution in [3.63, 3.8) is 0 Å². The number of piperazine rings is 1. The van der Waals surface area contributed by atoms with Crippen LogP contribution in [0.3, 0.4) is 0 Å². The summed E-state index contributed by atoms with van der Waals surface area (Å²) >= 11 is 0. The molecule has 114 valence electrons. The first-order valence-electron chi connectivity index (χ1n) is 7.01. The minimum atomic E-state index is -0.426. The Labute approximate surface area is 123 Å². The van der Waals surface area contributed by atoms with Gasteiger partial charge in [0, 0.05) is 45.2 Å². The SMILES string of the molecule is CN1CCN(C(=O)CCNc2ccccc2[N+](=O)[O-])CC1. The van der Waals surface area contributed by atoms with Gasteiger partial charge in [0.15, 0.2) is 0 Å². The highest BCUT2D eigenvalue weighted by molar-refractivity contribution is 5.77. The third-order valence-corrected chi connectivity index (χ3v) is 3.61. The normalized spacial score (nSPS) is 15.8. The smallest absolute Gasteiger partial charge is 0.292 e. The molecule has 0 aromatic heterocycles. The van der Waals surface area contributed by atoms with Gasteiger partial charge in [0.05, 0.1) is 4.92 Å². The summed E-state index contributed by atoms with van der Waals surface area (Å²) in [6.07, 6.45) is 0.343. The first-order valence-corrected chi connectivity index (χ1v) is 7.01. The summed E-state index contributed by atoms with van der Waals surface area (Å²) in [6.45, 7) is 3.68. The minimum Gasteiger partial charge on any atom is -0.379 e. The fraction of sp³-hybridized carbons (Fsp3) is 0.500. The maximum absolute atomic E-state index is 12.0. The van der Waals surface area contributed by atoms with E-state index in [1.807, 2.05) is 11.9 Å². The van der Waals surface area contributed by atoms with Gasteiger partial charge in [-0.15, -0.1) is 0 Å². The third-order valence-electron chi connectivity index (χ3n) is 3.61. The highest BCUT2D eigenvalue weighted by atomic mass is 16.6. The summed E-state index contributed by atoms with van der Waals surface area (Å²) in [7, 11) is 2.04. The van der Waals surface area contributed by atoms with Crippen molar-refractivity contribution in [1.29, 1.82) is 0 Å². The van der Waals surface area contributed by atoms with Gasteiger partial charge in [-0.2, -0.15) is 0 Å². The number of amides is 1. The maximum atomic E-state index is 12.0. The molecule has 1 heterocycles. The highest BCUT2D eigenvalue weighted by Crippen LogP contribution is 2.22. The van der Waals surface area contributed by atoms with Crippen molar-refractivity contribution in [1.82, 2.24) is 9.80 Å². The summed E-state index contributed by atoms with van der Waals surface area (Å²) in [5, 5.41) is 13.9. The Balaban J connectivity index is 1.82. The zero-order valence-electron chi connectivity index (χ0n) is 12.1. The second kappa shape index (κ2) is 7.03.